The van der Waals surface area contributed by atoms with Gasteiger partial charge in [0.05, 0.1) is 13.2 Å². The Morgan fingerprint density at radius 3 is 2.44 bits per heavy atom. The molecule has 1 saturated heterocycles. The van der Waals surface area contributed by atoms with Crippen molar-refractivity contribution in [2.24, 2.45) is 0 Å². The number of aliphatic hydroxyl groups excluding tert-OH is 1. The average Bonchev–Trinajstić information content (AvgIpc) is 2.92. The first-order chi connectivity index (χ1) is 12.2. The molecule has 130 valence electrons. The van der Waals surface area contributed by atoms with Crippen molar-refractivity contribution in [2.75, 3.05) is 11.9 Å². The van der Waals surface area contributed by atoms with E-state index < -0.39 is 18.1 Å². The highest BCUT2D eigenvalue weighted by Gasteiger charge is 2.42. The number of nitrogens with zero attached hydrogens (tertiary/aromatic N) is 1. The van der Waals surface area contributed by atoms with Crippen LogP contribution in [-0.4, -0.2) is 28.9 Å². The molecule has 1 fully saturated rings. The molecule has 0 radical (unpaired) electrons. The van der Waals surface area contributed by atoms with Gasteiger partial charge in [-0.2, -0.15) is 0 Å². The molecule has 6 nitrogen and oxygen atoms in total. The summed E-state index contributed by atoms with van der Waals surface area (Å²) in [6.45, 7) is 2.36. The van der Waals surface area contributed by atoms with Gasteiger partial charge < -0.3 is 20.0 Å². The summed E-state index contributed by atoms with van der Waals surface area (Å²) in [4.78, 5) is 17.7. The molecule has 1 aliphatic rings. The van der Waals surface area contributed by atoms with E-state index in [2.05, 4.69) is 5.32 Å². The van der Waals surface area contributed by atoms with Crippen LogP contribution in [0.2, 0.25) is 0 Å². The smallest absolute Gasteiger partial charge is 0.363 e. The predicted octanol–water partition coefficient (Wildman–Crippen LogP) is 3.20. The molecule has 0 bridgehead atoms. The lowest BCUT2D eigenvalue weighted by Crippen LogP contribution is -2.36. The summed E-state index contributed by atoms with van der Waals surface area (Å²) in [5, 5.41) is 14.9. The molecule has 3 rings (SSSR count). The van der Waals surface area contributed by atoms with E-state index in [0.29, 0.717) is 6.54 Å². The van der Waals surface area contributed by atoms with Crippen LogP contribution >= 0.6 is 0 Å². The molecule has 0 saturated carbocycles. The van der Waals surface area contributed by atoms with E-state index in [1.807, 2.05) is 60.7 Å². The maximum Gasteiger partial charge on any atom is 0.363 e. The number of hydrogen-bond acceptors (Lipinski definition) is 6. The van der Waals surface area contributed by atoms with Gasteiger partial charge in [-0.05, 0) is 24.6 Å². The van der Waals surface area contributed by atoms with Gasteiger partial charge in [-0.1, -0.05) is 48.5 Å². The van der Waals surface area contributed by atoms with Crippen molar-refractivity contribution in [2.45, 2.75) is 19.6 Å². The molecular formula is C19H20N2O4. The first-order valence-corrected chi connectivity index (χ1v) is 8.09. The lowest BCUT2D eigenvalue weighted by atomic mass is 10.2. The third-order valence-corrected chi connectivity index (χ3v) is 3.75. The summed E-state index contributed by atoms with van der Waals surface area (Å²) < 4.78 is 5.13. The van der Waals surface area contributed by atoms with Crippen LogP contribution in [0, 0.1) is 0 Å². The van der Waals surface area contributed by atoms with Gasteiger partial charge in [0.2, 0.25) is 0 Å². The zero-order chi connectivity index (χ0) is 17.6. The summed E-state index contributed by atoms with van der Waals surface area (Å²) in [7, 11) is 0. The molecule has 1 unspecified atom stereocenters. The van der Waals surface area contributed by atoms with Gasteiger partial charge in [0.15, 0.2) is 11.7 Å². The number of anilines is 1. The Morgan fingerprint density at radius 2 is 1.80 bits per heavy atom. The minimum absolute atomic E-state index is 0.0571. The van der Waals surface area contributed by atoms with Gasteiger partial charge in [0.1, 0.15) is 0 Å². The number of aliphatic hydroxyl groups is 1. The standard InChI is InChI=1S/C19H20N2O4/c1-2-24-18(22)16-17(20-15-11-7-4-8-12-15)21(25-19(16)23)13-14-9-5-3-6-10-14/h3-12,17,20,22H,2,13H2,1H3/b18-16-. The molecule has 25 heavy (non-hydrogen) atoms. The Balaban J connectivity index is 1.90. The van der Waals surface area contributed by atoms with Crippen molar-refractivity contribution in [3.05, 3.63) is 77.7 Å². The minimum Gasteiger partial charge on any atom is -0.481 e. The molecular weight excluding hydrogens is 320 g/mol. The first-order valence-electron chi connectivity index (χ1n) is 8.09. The van der Waals surface area contributed by atoms with Gasteiger partial charge in [0, 0.05) is 5.69 Å². The van der Waals surface area contributed by atoms with Crippen molar-refractivity contribution >= 4 is 11.7 Å². The van der Waals surface area contributed by atoms with Crippen molar-refractivity contribution in [1.29, 1.82) is 0 Å². The third kappa shape index (κ3) is 3.92. The van der Waals surface area contributed by atoms with Gasteiger partial charge in [0.25, 0.3) is 5.95 Å². The molecule has 2 aromatic carbocycles. The Kier molecular flexibility index (Phi) is 5.20. The number of benzene rings is 2. The van der Waals surface area contributed by atoms with E-state index in [4.69, 9.17) is 9.57 Å². The second-order valence-corrected chi connectivity index (χ2v) is 5.50. The SMILES string of the molecule is CCO/C(O)=C1\C(=O)ON(Cc2ccccc2)C1Nc1ccccc1. The second kappa shape index (κ2) is 7.72. The van der Waals surface area contributed by atoms with Gasteiger partial charge >= 0.3 is 5.97 Å². The molecule has 2 N–H and O–H groups in total. The fourth-order valence-corrected chi connectivity index (χ4v) is 2.61. The third-order valence-electron chi connectivity index (χ3n) is 3.75. The molecule has 0 amide bonds. The molecule has 1 heterocycles. The largest absolute Gasteiger partial charge is 0.481 e. The predicted molar refractivity (Wildman–Crippen MR) is 93.2 cm³/mol. The summed E-state index contributed by atoms with van der Waals surface area (Å²) in [6, 6.07) is 19.1. The molecule has 1 atom stereocenters. The van der Waals surface area contributed by atoms with Crippen molar-refractivity contribution < 1.29 is 19.5 Å². The molecule has 2 aromatic rings. The van der Waals surface area contributed by atoms with E-state index in [9.17, 15) is 9.90 Å². The van der Waals surface area contributed by atoms with Crippen LogP contribution < -0.4 is 5.32 Å². The normalized spacial score (nSPS) is 19.4. The van der Waals surface area contributed by atoms with E-state index in [1.165, 1.54) is 5.06 Å². The number of hydrogen-bond donors (Lipinski definition) is 2. The molecule has 0 spiro atoms. The lowest BCUT2D eigenvalue weighted by molar-refractivity contribution is -0.176. The summed E-state index contributed by atoms with van der Waals surface area (Å²) >= 11 is 0. The highest BCUT2D eigenvalue weighted by molar-refractivity contribution is 5.92. The lowest BCUT2D eigenvalue weighted by Gasteiger charge is -2.23. The quantitative estimate of drug-likeness (QED) is 0.621. The minimum atomic E-state index is -0.665. The summed E-state index contributed by atoms with van der Waals surface area (Å²) in [6.07, 6.45) is -0.665. The number of ether oxygens (including phenoxy) is 1. The summed E-state index contributed by atoms with van der Waals surface area (Å²) in [5.41, 5.74) is 1.83. The van der Waals surface area contributed by atoms with Gasteiger partial charge in [-0.25, -0.2) is 4.79 Å². The second-order valence-electron chi connectivity index (χ2n) is 5.50. The molecule has 0 aliphatic carbocycles. The Labute approximate surface area is 146 Å². The van der Waals surface area contributed by atoms with Crippen LogP contribution in [0.3, 0.4) is 0 Å². The zero-order valence-corrected chi connectivity index (χ0v) is 13.9. The monoisotopic (exact) mass is 340 g/mol. The van der Waals surface area contributed by atoms with Gasteiger partial charge in [-0.15, -0.1) is 5.06 Å². The average molecular weight is 340 g/mol. The van der Waals surface area contributed by atoms with E-state index in [-0.39, 0.29) is 12.2 Å². The topological polar surface area (TPSA) is 71.0 Å². The van der Waals surface area contributed by atoms with E-state index >= 15 is 0 Å². The van der Waals surface area contributed by atoms with Crippen molar-refractivity contribution in [1.82, 2.24) is 5.06 Å². The first kappa shape index (κ1) is 16.9. The summed E-state index contributed by atoms with van der Waals surface area (Å²) in [5.74, 6) is -1.05. The molecule has 6 heteroatoms. The molecule has 0 aromatic heterocycles. The van der Waals surface area contributed by atoms with E-state index in [1.54, 1.807) is 6.92 Å². The Bertz CT molecular complexity index is 747. The number of carbonyl (C=O) groups excluding carboxylic acids is 1. The van der Waals surface area contributed by atoms with Crippen LogP contribution in [0.15, 0.2) is 72.2 Å². The zero-order valence-electron chi connectivity index (χ0n) is 13.9. The van der Waals surface area contributed by atoms with Crippen molar-refractivity contribution in [3.8, 4) is 0 Å². The highest BCUT2D eigenvalue weighted by atomic mass is 16.7. The maximum atomic E-state index is 12.3. The van der Waals surface area contributed by atoms with Crippen LogP contribution in [-0.2, 0) is 20.9 Å². The maximum absolute atomic E-state index is 12.3. The fraction of sp³-hybridized carbons (Fsp3) is 0.211. The Hall–Kier alpha value is -2.99. The van der Waals surface area contributed by atoms with E-state index in [0.717, 1.165) is 11.3 Å². The number of nitrogens with one attached hydrogen (secondary N) is 1. The number of carbonyl (C=O) groups is 1. The van der Waals surface area contributed by atoms with Crippen LogP contribution in [0.4, 0.5) is 5.69 Å². The fourth-order valence-electron chi connectivity index (χ4n) is 2.61. The Morgan fingerprint density at radius 1 is 1.16 bits per heavy atom. The number of para-hydroxylation sites is 1. The van der Waals surface area contributed by atoms with Crippen LogP contribution in [0.25, 0.3) is 0 Å². The highest BCUT2D eigenvalue weighted by Crippen LogP contribution is 2.28. The number of rotatable bonds is 6. The number of hydroxylamine groups is 2. The van der Waals surface area contributed by atoms with Crippen LogP contribution in [0.1, 0.15) is 12.5 Å². The van der Waals surface area contributed by atoms with Gasteiger partial charge in [-0.3, -0.25) is 0 Å². The van der Waals surface area contributed by atoms with Crippen molar-refractivity contribution in [3.63, 3.8) is 0 Å². The molecule has 1 aliphatic heterocycles. The van der Waals surface area contributed by atoms with Crippen LogP contribution in [0.5, 0.6) is 0 Å².